The van der Waals surface area contributed by atoms with Crippen molar-refractivity contribution >= 4 is 28.5 Å². The monoisotopic (exact) mass is 446 g/mol. The van der Waals surface area contributed by atoms with Gasteiger partial charge in [0.05, 0.1) is 16.6 Å². The number of hydrogen-bond acceptors (Lipinski definition) is 5. The smallest absolute Gasteiger partial charge is 0.383 e. The minimum atomic E-state index is -4.45. The number of halogens is 5. The molecule has 0 unspecified atom stereocenters. The van der Waals surface area contributed by atoms with Gasteiger partial charge in [-0.3, -0.25) is 4.57 Å². The Morgan fingerprint density at radius 2 is 1.62 bits per heavy atom. The van der Waals surface area contributed by atoms with Crippen LogP contribution >= 0.6 is 0 Å². The number of imidazole rings is 1. The summed E-state index contributed by atoms with van der Waals surface area (Å²) >= 11 is 0. The highest BCUT2D eigenvalue weighted by Gasteiger charge is 2.32. The van der Waals surface area contributed by atoms with Gasteiger partial charge in [-0.05, 0) is 37.1 Å². The molecular weight excluding hydrogens is 431 g/mol. The first-order valence-electron chi connectivity index (χ1n) is 9.65. The average molecular weight is 446 g/mol. The van der Waals surface area contributed by atoms with Crippen molar-refractivity contribution in [3.63, 3.8) is 0 Å². The van der Waals surface area contributed by atoms with Crippen molar-refractivity contribution in [3.05, 3.63) is 65.5 Å². The average Bonchev–Trinajstić information content (AvgIpc) is 3.50. The Labute approximate surface area is 177 Å². The molecule has 0 radical (unpaired) electrons. The summed E-state index contributed by atoms with van der Waals surface area (Å²) in [5.74, 6) is -0.911. The van der Waals surface area contributed by atoms with E-state index in [9.17, 15) is 22.0 Å². The highest BCUT2D eigenvalue weighted by Crippen LogP contribution is 2.42. The summed E-state index contributed by atoms with van der Waals surface area (Å²) in [6.07, 6.45) is -2.69. The summed E-state index contributed by atoms with van der Waals surface area (Å²) in [5, 5.41) is 2.82. The minimum absolute atomic E-state index is 0.0333. The third-order valence-electron chi connectivity index (χ3n) is 5.09. The van der Waals surface area contributed by atoms with Crippen LogP contribution in [0.25, 0.3) is 16.9 Å². The van der Waals surface area contributed by atoms with E-state index in [1.165, 1.54) is 18.2 Å². The largest absolute Gasteiger partial charge is 0.416 e. The number of fused-ring (bicyclic) bond motifs is 1. The number of alkyl halides is 3. The third kappa shape index (κ3) is 3.70. The van der Waals surface area contributed by atoms with Gasteiger partial charge < -0.3 is 11.1 Å². The Hall–Kier alpha value is -3.76. The van der Waals surface area contributed by atoms with E-state index in [1.54, 1.807) is 4.57 Å². The minimum Gasteiger partial charge on any atom is -0.383 e. The molecule has 1 aliphatic carbocycles. The van der Waals surface area contributed by atoms with Gasteiger partial charge in [-0.2, -0.15) is 23.1 Å². The molecule has 2 heterocycles. The van der Waals surface area contributed by atoms with Crippen LogP contribution in [0.2, 0.25) is 0 Å². The lowest BCUT2D eigenvalue weighted by Crippen LogP contribution is -2.08. The summed E-state index contributed by atoms with van der Waals surface area (Å²) in [5.41, 5.74) is 6.07. The molecule has 0 spiro atoms. The topological polar surface area (TPSA) is 81.7 Å². The summed E-state index contributed by atoms with van der Waals surface area (Å²) < 4.78 is 67.6. The van der Waals surface area contributed by atoms with Crippen molar-refractivity contribution in [3.8, 4) is 5.82 Å². The van der Waals surface area contributed by atoms with Gasteiger partial charge in [-0.15, -0.1) is 0 Å². The lowest BCUT2D eigenvalue weighted by molar-refractivity contribution is -0.137. The fraction of sp³-hybridized carbons (Fsp3) is 0.190. The predicted octanol–water partition coefficient (Wildman–Crippen LogP) is 5.32. The maximum absolute atomic E-state index is 14.0. The standard InChI is InChI=1S/C21H15F5N6/c22-13-7-15-16(8-14(13)23)32(19(29-15)10-1-2-10)18-9-17(27)30-20(31-18)28-12-5-3-11(4-6-12)21(24,25)26/h3-10H,1-2H2,(H3,27,28,30,31). The Bertz CT molecular complexity index is 1330. The van der Waals surface area contributed by atoms with Crippen molar-refractivity contribution in [1.82, 2.24) is 19.5 Å². The van der Waals surface area contributed by atoms with Crippen LogP contribution in [-0.4, -0.2) is 19.5 Å². The van der Waals surface area contributed by atoms with Gasteiger partial charge in [0.15, 0.2) is 11.6 Å². The van der Waals surface area contributed by atoms with E-state index >= 15 is 0 Å². The van der Waals surface area contributed by atoms with E-state index in [0.717, 1.165) is 37.1 Å². The molecular formula is C21H15F5N6. The molecule has 11 heteroatoms. The fourth-order valence-electron chi connectivity index (χ4n) is 3.44. The zero-order chi connectivity index (χ0) is 22.6. The number of nitrogens with zero attached hydrogens (tertiary/aromatic N) is 4. The lowest BCUT2D eigenvalue weighted by Gasteiger charge is -2.12. The van der Waals surface area contributed by atoms with Crippen LogP contribution in [0.15, 0.2) is 42.5 Å². The van der Waals surface area contributed by atoms with Gasteiger partial charge in [0.2, 0.25) is 5.95 Å². The molecule has 3 N–H and O–H groups in total. The van der Waals surface area contributed by atoms with Gasteiger partial charge in [0, 0.05) is 29.8 Å². The predicted molar refractivity (Wildman–Crippen MR) is 108 cm³/mol. The van der Waals surface area contributed by atoms with Crippen molar-refractivity contribution in [1.29, 1.82) is 0 Å². The molecule has 32 heavy (non-hydrogen) atoms. The quantitative estimate of drug-likeness (QED) is 0.415. The molecule has 2 aromatic carbocycles. The Kier molecular flexibility index (Phi) is 4.50. The second kappa shape index (κ2) is 7.14. The highest BCUT2D eigenvalue weighted by molar-refractivity contribution is 5.79. The van der Waals surface area contributed by atoms with E-state index < -0.39 is 23.4 Å². The number of rotatable bonds is 4. The first kappa shape index (κ1) is 20.2. The van der Waals surface area contributed by atoms with Crippen LogP contribution in [0, 0.1) is 11.6 Å². The van der Waals surface area contributed by atoms with Crippen LogP contribution in [-0.2, 0) is 6.18 Å². The molecule has 6 nitrogen and oxygen atoms in total. The van der Waals surface area contributed by atoms with Gasteiger partial charge in [-0.1, -0.05) is 0 Å². The number of nitrogen functional groups attached to an aromatic ring is 1. The zero-order valence-corrected chi connectivity index (χ0v) is 16.3. The van der Waals surface area contributed by atoms with Crippen LogP contribution in [0.1, 0.15) is 30.1 Å². The van der Waals surface area contributed by atoms with Crippen molar-refractivity contribution in [2.75, 3.05) is 11.1 Å². The summed E-state index contributed by atoms with van der Waals surface area (Å²) in [4.78, 5) is 12.9. The Morgan fingerprint density at radius 1 is 0.938 bits per heavy atom. The van der Waals surface area contributed by atoms with Gasteiger partial charge >= 0.3 is 6.18 Å². The molecule has 0 bridgehead atoms. The number of nitrogens with one attached hydrogen (secondary N) is 1. The highest BCUT2D eigenvalue weighted by atomic mass is 19.4. The molecule has 1 aliphatic rings. The number of anilines is 3. The molecule has 0 atom stereocenters. The molecule has 1 saturated carbocycles. The summed E-state index contributed by atoms with van der Waals surface area (Å²) in [6.45, 7) is 0. The zero-order valence-electron chi connectivity index (χ0n) is 16.3. The SMILES string of the molecule is Nc1cc(-n2c(C3CC3)nc3cc(F)c(F)cc32)nc(Nc2ccc(C(F)(F)F)cc2)n1. The fourth-order valence-corrected chi connectivity index (χ4v) is 3.44. The van der Waals surface area contributed by atoms with Crippen LogP contribution < -0.4 is 11.1 Å². The molecule has 0 saturated heterocycles. The molecule has 1 fully saturated rings. The van der Waals surface area contributed by atoms with Crippen molar-refractivity contribution < 1.29 is 22.0 Å². The maximum Gasteiger partial charge on any atom is 0.416 e. The van der Waals surface area contributed by atoms with E-state index in [-0.39, 0.29) is 29.0 Å². The number of benzene rings is 2. The third-order valence-corrected chi connectivity index (χ3v) is 5.09. The lowest BCUT2D eigenvalue weighted by atomic mass is 10.2. The second-order valence-corrected chi connectivity index (χ2v) is 7.51. The van der Waals surface area contributed by atoms with Crippen LogP contribution in [0.5, 0.6) is 0 Å². The molecule has 0 amide bonds. The first-order valence-corrected chi connectivity index (χ1v) is 9.65. The molecule has 5 rings (SSSR count). The molecule has 2 aromatic heterocycles. The summed E-state index contributed by atoms with van der Waals surface area (Å²) in [7, 11) is 0. The van der Waals surface area contributed by atoms with Crippen molar-refractivity contribution in [2.24, 2.45) is 0 Å². The number of hydrogen-bond donors (Lipinski definition) is 2. The Morgan fingerprint density at radius 3 is 2.28 bits per heavy atom. The van der Waals surface area contributed by atoms with Gasteiger partial charge in [0.1, 0.15) is 17.5 Å². The van der Waals surface area contributed by atoms with Gasteiger partial charge in [-0.25, -0.2) is 13.8 Å². The van der Waals surface area contributed by atoms with E-state index in [0.29, 0.717) is 17.0 Å². The number of aromatic nitrogens is 4. The number of nitrogens with two attached hydrogens (primary N) is 1. The van der Waals surface area contributed by atoms with E-state index in [1.807, 2.05) is 0 Å². The van der Waals surface area contributed by atoms with Crippen LogP contribution in [0.3, 0.4) is 0 Å². The second-order valence-electron chi connectivity index (χ2n) is 7.51. The first-order chi connectivity index (χ1) is 15.2. The normalized spacial score (nSPS) is 14.2. The molecule has 4 aromatic rings. The van der Waals surface area contributed by atoms with Gasteiger partial charge in [0.25, 0.3) is 0 Å². The van der Waals surface area contributed by atoms with Crippen LogP contribution in [0.4, 0.5) is 39.4 Å². The maximum atomic E-state index is 14.0. The summed E-state index contributed by atoms with van der Waals surface area (Å²) in [6, 6.07) is 7.89. The molecule has 164 valence electrons. The molecule has 0 aliphatic heterocycles. The van der Waals surface area contributed by atoms with E-state index in [4.69, 9.17) is 5.73 Å². The Balaban J connectivity index is 1.57. The van der Waals surface area contributed by atoms with E-state index in [2.05, 4.69) is 20.3 Å². The van der Waals surface area contributed by atoms with Crippen molar-refractivity contribution in [2.45, 2.75) is 24.9 Å².